The van der Waals surface area contributed by atoms with E-state index in [1.807, 2.05) is 48.5 Å². The fourth-order valence-corrected chi connectivity index (χ4v) is 3.95. The highest BCUT2D eigenvalue weighted by molar-refractivity contribution is 6.03. The van der Waals surface area contributed by atoms with Gasteiger partial charge >= 0.3 is 5.97 Å². The van der Waals surface area contributed by atoms with E-state index in [2.05, 4.69) is 10.1 Å². The van der Waals surface area contributed by atoms with Crippen molar-refractivity contribution in [2.75, 3.05) is 11.5 Å². The maximum atomic E-state index is 13.2. The van der Waals surface area contributed by atoms with Gasteiger partial charge in [-0.05, 0) is 48.9 Å². The number of fused-ring (bicyclic) bond motifs is 2. The smallest absolute Gasteiger partial charge is 0.334 e. The molecule has 0 bridgehead atoms. The first kappa shape index (κ1) is 17.6. The first-order valence-corrected chi connectivity index (χ1v) is 9.70. The van der Waals surface area contributed by atoms with Crippen LogP contribution in [0.25, 0.3) is 0 Å². The Bertz CT molecular complexity index is 1030. The molecule has 1 aromatic heterocycles. The molecule has 0 saturated heterocycles. The fraction of sp³-hybridized carbons (Fsp3) is 0.273. The monoisotopic (exact) mass is 388 g/mol. The van der Waals surface area contributed by atoms with E-state index in [0.717, 1.165) is 35.3 Å². The highest BCUT2D eigenvalue weighted by Gasteiger charge is 2.54. The molecule has 1 aliphatic carbocycles. The van der Waals surface area contributed by atoms with E-state index in [1.54, 1.807) is 4.90 Å². The van der Waals surface area contributed by atoms with Gasteiger partial charge in [0.05, 0.1) is 11.4 Å². The standard InChI is InChI=1S/C22H20N4O3/c27-20(13-29-21(28)22(11-12-22)25-15-23-14-24-25)26-18-7-3-1-5-16(18)9-10-17-6-2-4-8-19(17)26/h1-8,14-15H,9-13H2. The summed E-state index contributed by atoms with van der Waals surface area (Å²) in [4.78, 5) is 31.5. The molecule has 7 nitrogen and oxygen atoms in total. The average molecular weight is 388 g/mol. The Kier molecular flexibility index (Phi) is 4.16. The molecule has 1 saturated carbocycles. The lowest BCUT2D eigenvalue weighted by Gasteiger charge is -2.25. The molecule has 0 N–H and O–H groups in total. The van der Waals surface area contributed by atoms with Crippen LogP contribution >= 0.6 is 0 Å². The Morgan fingerprint density at radius 2 is 1.59 bits per heavy atom. The van der Waals surface area contributed by atoms with Gasteiger partial charge in [-0.1, -0.05) is 36.4 Å². The highest BCUT2D eigenvalue weighted by atomic mass is 16.5. The summed E-state index contributed by atoms with van der Waals surface area (Å²) in [7, 11) is 0. The SMILES string of the molecule is O=C(COC(=O)C1(n2cncn2)CC1)N1c2ccccc2CCc2ccccc21. The summed E-state index contributed by atoms with van der Waals surface area (Å²) in [5.41, 5.74) is 3.08. The van der Waals surface area contributed by atoms with Crippen LogP contribution < -0.4 is 4.90 Å². The van der Waals surface area contributed by atoms with Gasteiger partial charge in [0.15, 0.2) is 12.1 Å². The second kappa shape index (κ2) is 6.84. The molecule has 1 aliphatic heterocycles. The van der Waals surface area contributed by atoms with Crippen molar-refractivity contribution >= 4 is 23.3 Å². The Morgan fingerprint density at radius 3 is 2.14 bits per heavy atom. The zero-order chi connectivity index (χ0) is 19.8. The Hall–Kier alpha value is -3.48. The molecule has 29 heavy (non-hydrogen) atoms. The largest absolute Gasteiger partial charge is 0.454 e. The molecule has 1 fully saturated rings. The van der Waals surface area contributed by atoms with E-state index in [0.29, 0.717) is 12.8 Å². The molecule has 146 valence electrons. The summed E-state index contributed by atoms with van der Waals surface area (Å²) in [5, 5.41) is 4.07. The van der Waals surface area contributed by atoms with E-state index in [9.17, 15) is 9.59 Å². The van der Waals surface area contributed by atoms with Gasteiger partial charge in [0.1, 0.15) is 12.7 Å². The third-order valence-corrected chi connectivity index (χ3v) is 5.67. The molecule has 3 aromatic rings. The number of carbonyl (C=O) groups excluding carboxylic acids is 2. The van der Waals surface area contributed by atoms with Gasteiger partial charge in [0.25, 0.3) is 5.91 Å². The number of esters is 1. The summed E-state index contributed by atoms with van der Waals surface area (Å²) in [5.74, 6) is -0.706. The first-order chi connectivity index (χ1) is 14.2. The van der Waals surface area contributed by atoms with E-state index in [-0.39, 0.29) is 12.5 Å². The number of ether oxygens (including phenoxy) is 1. The molecule has 2 aromatic carbocycles. The van der Waals surface area contributed by atoms with Crippen LogP contribution in [0.5, 0.6) is 0 Å². The molecule has 0 radical (unpaired) electrons. The van der Waals surface area contributed by atoms with E-state index < -0.39 is 11.5 Å². The summed E-state index contributed by atoms with van der Waals surface area (Å²) >= 11 is 0. The van der Waals surface area contributed by atoms with Crippen LogP contribution in [-0.2, 0) is 32.7 Å². The van der Waals surface area contributed by atoms with Gasteiger partial charge in [-0.15, -0.1) is 0 Å². The molecule has 0 spiro atoms. The Balaban J connectivity index is 1.40. The number of para-hydroxylation sites is 2. The van der Waals surface area contributed by atoms with Gasteiger partial charge in [-0.3, -0.25) is 9.69 Å². The van der Waals surface area contributed by atoms with Crippen LogP contribution in [0.2, 0.25) is 0 Å². The number of aromatic nitrogens is 3. The first-order valence-electron chi connectivity index (χ1n) is 9.70. The molecule has 2 heterocycles. The summed E-state index contributed by atoms with van der Waals surface area (Å²) in [6.07, 6.45) is 5.89. The third-order valence-electron chi connectivity index (χ3n) is 5.67. The van der Waals surface area contributed by atoms with Crippen molar-refractivity contribution in [2.24, 2.45) is 0 Å². The average Bonchev–Trinajstić information content (AvgIpc) is 3.42. The van der Waals surface area contributed by atoms with Crippen LogP contribution in [0.3, 0.4) is 0 Å². The quantitative estimate of drug-likeness (QED) is 0.643. The Labute approximate surface area is 167 Å². The topological polar surface area (TPSA) is 77.3 Å². The number of hydrogen-bond acceptors (Lipinski definition) is 5. The van der Waals surface area contributed by atoms with Crippen LogP contribution in [0.4, 0.5) is 11.4 Å². The second-order valence-corrected chi connectivity index (χ2v) is 7.43. The number of hydrogen-bond donors (Lipinski definition) is 0. The summed E-state index contributed by atoms with van der Waals surface area (Å²) in [6, 6.07) is 15.8. The van der Waals surface area contributed by atoms with Crippen LogP contribution in [-0.4, -0.2) is 33.2 Å². The molecule has 0 atom stereocenters. The number of aryl methyl sites for hydroxylation is 2. The summed E-state index contributed by atoms with van der Waals surface area (Å²) < 4.78 is 6.98. The van der Waals surface area contributed by atoms with Crippen molar-refractivity contribution in [2.45, 2.75) is 31.2 Å². The van der Waals surface area contributed by atoms with E-state index in [4.69, 9.17) is 4.74 Å². The molecule has 5 rings (SSSR count). The lowest BCUT2D eigenvalue weighted by molar-refractivity contribution is -0.153. The fourth-order valence-electron chi connectivity index (χ4n) is 3.95. The minimum absolute atomic E-state index is 0.269. The molecular weight excluding hydrogens is 368 g/mol. The van der Waals surface area contributed by atoms with Crippen molar-refractivity contribution in [1.29, 1.82) is 0 Å². The van der Waals surface area contributed by atoms with Crippen molar-refractivity contribution in [3.8, 4) is 0 Å². The van der Waals surface area contributed by atoms with Crippen LogP contribution in [0.1, 0.15) is 24.0 Å². The summed E-state index contributed by atoms with van der Waals surface area (Å²) in [6.45, 7) is -0.321. The van der Waals surface area contributed by atoms with Crippen LogP contribution in [0.15, 0.2) is 61.2 Å². The van der Waals surface area contributed by atoms with Crippen molar-refractivity contribution < 1.29 is 14.3 Å². The van der Waals surface area contributed by atoms with Crippen molar-refractivity contribution in [3.05, 3.63) is 72.3 Å². The molecular formula is C22H20N4O3. The normalized spacial score (nSPS) is 16.3. The number of amides is 1. The van der Waals surface area contributed by atoms with E-state index >= 15 is 0 Å². The predicted octanol–water partition coefficient (Wildman–Crippen LogP) is 2.77. The van der Waals surface area contributed by atoms with Gasteiger partial charge in [0, 0.05) is 0 Å². The molecule has 0 unspecified atom stereocenters. The van der Waals surface area contributed by atoms with Gasteiger partial charge in [0.2, 0.25) is 0 Å². The second-order valence-electron chi connectivity index (χ2n) is 7.43. The number of carbonyl (C=O) groups is 2. The van der Waals surface area contributed by atoms with Gasteiger partial charge < -0.3 is 4.74 Å². The van der Waals surface area contributed by atoms with Gasteiger partial charge in [-0.2, -0.15) is 5.10 Å². The zero-order valence-corrected chi connectivity index (χ0v) is 15.8. The molecule has 2 aliphatic rings. The van der Waals surface area contributed by atoms with E-state index in [1.165, 1.54) is 17.3 Å². The number of anilines is 2. The lowest BCUT2D eigenvalue weighted by Crippen LogP contribution is -2.35. The molecule has 7 heteroatoms. The zero-order valence-electron chi connectivity index (χ0n) is 15.8. The molecule has 1 amide bonds. The minimum Gasteiger partial charge on any atom is -0.454 e. The maximum Gasteiger partial charge on any atom is 0.334 e. The van der Waals surface area contributed by atoms with Gasteiger partial charge in [-0.25, -0.2) is 14.5 Å². The van der Waals surface area contributed by atoms with Crippen molar-refractivity contribution in [1.82, 2.24) is 14.8 Å². The maximum absolute atomic E-state index is 13.2. The number of benzene rings is 2. The number of rotatable bonds is 4. The Morgan fingerprint density at radius 1 is 0.966 bits per heavy atom. The van der Waals surface area contributed by atoms with Crippen LogP contribution in [0, 0.1) is 0 Å². The highest BCUT2D eigenvalue weighted by Crippen LogP contribution is 2.44. The minimum atomic E-state index is -0.814. The van der Waals surface area contributed by atoms with Crippen molar-refractivity contribution in [3.63, 3.8) is 0 Å². The third kappa shape index (κ3) is 2.99. The lowest BCUT2D eigenvalue weighted by atomic mass is 10.0. The predicted molar refractivity (Wildman–Crippen MR) is 106 cm³/mol. The number of nitrogens with zero attached hydrogens (tertiary/aromatic N) is 4.